The molecule has 0 fully saturated rings. The first kappa shape index (κ1) is 11.2. The highest BCUT2D eigenvalue weighted by Crippen LogP contribution is 2.26. The second-order valence-corrected chi connectivity index (χ2v) is 3.96. The summed E-state index contributed by atoms with van der Waals surface area (Å²) in [5, 5.41) is 13.7. The molecular formula is C12H13ClN2O. The fraction of sp³-hybridized carbons (Fsp3) is 0.250. The summed E-state index contributed by atoms with van der Waals surface area (Å²) in [4.78, 5) is 0. The molecule has 0 atom stereocenters. The molecule has 0 aliphatic carbocycles. The molecule has 0 unspecified atom stereocenters. The first-order chi connectivity index (χ1) is 7.81. The monoisotopic (exact) mass is 236 g/mol. The van der Waals surface area contributed by atoms with Crippen molar-refractivity contribution in [2.75, 3.05) is 6.61 Å². The summed E-state index contributed by atoms with van der Waals surface area (Å²) in [7, 11) is 0. The molecule has 0 aliphatic rings. The van der Waals surface area contributed by atoms with Crippen LogP contribution in [0, 0.1) is 0 Å². The highest BCUT2D eigenvalue weighted by atomic mass is 35.5. The molecule has 3 nitrogen and oxygen atoms in total. The van der Waals surface area contributed by atoms with Gasteiger partial charge in [-0.2, -0.15) is 5.10 Å². The van der Waals surface area contributed by atoms with Gasteiger partial charge in [-0.15, -0.1) is 0 Å². The van der Waals surface area contributed by atoms with E-state index in [1.54, 1.807) is 6.20 Å². The number of rotatable bonds is 4. The third kappa shape index (κ3) is 2.43. The summed E-state index contributed by atoms with van der Waals surface area (Å²) < 4.78 is 1.81. The minimum atomic E-state index is 0.182. The second kappa shape index (κ2) is 5.14. The Morgan fingerprint density at radius 3 is 2.88 bits per heavy atom. The average Bonchev–Trinajstić information content (AvgIpc) is 2.75. The van der Waals surface area contributed by atoms with Gasteiger partial charge in [-0.3, -0.25) is 4.68 Å². The summed E-state index contributed by atoms with van der Waals surface area (Å²) in [6, 6.07) is 7.69. The van der Waals surface area contributed by atoms with Crippen LogP contribution < -0.4 is 0 Å². The lowest BCUT2D eigenvalue weighted by atomic mass is 10.1. The zero-order chi connectivity index (χ0) is 11.4. The highest BCUT2D eigenvalue weighted by molar-refractivity contribution is 6.33. The largest absolute Gasteiger partial charge is 0.396 e. The highest BCUT2D eigenvalue weighted by Gasteiger charge is 2.04. The van der Waals surface area contributed by atoms with Crippen molar-refractivity contribution in [3.63, 3.8) is 0 Å². The van der Waals surface area contributed by atoms with E-state index in [1.165, 1.54) is 0 Å². The van der Waals surface area contributed by atoms with Crippen molar-refractivity contribution in [3.8, 4) is 11.1 Å². The van der Waals surface area contributed by atoms with Crippen molar-refractivity contribution in [3.05, 3.63) is 41.7 Å². The fourth-order valence-corrected chi connectivity index (χ4v) is 1.80. The maximum absolute atomic E-state index is 8.73. The Hall–Kier alpha value is -1.32. The lowest BCUT2D eigenvalue weighted by Crippen LogP contribution is -1.99. The van der Waals surface area contributed by atoms with Crippen molar-refractivity contribution < 1.29 is 5.11 Å². The van der Waals surface area contributed by atoms with Gasteiger partial charge in [-0.05, 0) is 12.5 Å². The lowest BCUT2D eigenvalue weighted by Gasteiger charge is -2.00. The van der Waals surface area contributed by atoms with Crippen molar-refractivity contribution >= 4 is 11.6 Å². The number of halogens is 1. The quantitative estimate of drug-likeness (QED) is 0.886. The lowest BCUT2D eigenvalue weighted by molar-refractivity contribution is 0.277. The second-order valence-electron chi connectivity index (χ2n) is 3.55. The first-order valence-corrected chi connectivity index (χ1v) is 5.57. The number of aliphatic hydroxyl groups excluding tert-OH is 1. The molecule has 0 saturated carbocycles. The minimum absolute atomic E-state index is 0.182. The molecule has 16 heavy (non-hydrogen) atoms. The number of hydrogen-bond donors (Lipinski definition) is 1. The zero-order valence-electron chi connectivity index (χ0n) is 8.81. The van der Waals surface area contributed by atoms with E-state index >= 15 is 0 Å². The SMILES string of the molecule is OCCCn1cc(-c2ccccc2Cl)cn1. The molecule has 84 valence electrons. The summed E-state index contributed by atoms with van der Waals surface area (Å²) >= 11 is 6.10. The van der Waals surface area contributed by atoms with Gasteiger partial charge < -0.3 is 5.11 Å². The molecule has 1 aromatic heterocycles. The number of hydrogen-bond acceptors (Lipinski definition) is 2. The fourth-order valence-electron chi connectivity index (χ4n) is 1.55. The summed E-state index contributed by atoms with van der Waals surface area (Å²) in [5.41, 5.74) is 1.99. The van der Waals surface area contributed by atoms with E-state index in [0.717, 1.165) is 22.7 Å². The van der Waals surface area contributed by atoms with Gasteiger partial charge in [0.05, 0.1) is 6.20 Å². The van der Waals surface area contributed by atoms with E-state index in [-0.39, 0.29) is 6.61 Å². The van der Waals surface area contributed by atoms with Gasteiger partial charge in [0.2, 0.25) is 0 Å². The van der Waals surface area contributed by atoms with Crippen molar-refractivity contribution in [2.45, 2.75) is 13.0 Å². The van der Waals surface area contributed by atoms with Crippen LogP contribution in [0.3, 0.4) is 0 Å². The third-order valence-electron chi connectivity index (χ3n) is 2.36. The van der Waals surface area contributed by atoms with Crippen molar-refractivity contribution in [1.82, 2.24) is 9.78 Å². The minimum Gasteiger partial charge on any atom is -0.396 e. The van der Waals surface area contributed by atoms with Gasteiger partial charge in [0.25, 0.3) is 0 Å². The van der Waals surface area contributed by atoms with Crippen LogP contribution in [0.1, 0.15) is 6.42 Å². The molecule has 0 spiro atoms. The number of aromatic nitrogens is 2. The van der Waals surface area contributed by atoms with Crippen molar-refractivity contribution in [2.24, 2.45) is 0 Å². The molecule has 0 bridgehead atoms. The van der Waals surface area contributed by atoms with Crippen LogP contribution in [-0.4, -0.2) is 21.5 Å². The van der Waals surface area contributed by atoms with Crippen LogP contribution in [0.4, 0.5) is 0 Å². The molecular weight excluding hydrogens is 224 g/mol. The van der Waals surface area contributed by atoms with E-state index in [1.807, 2.05) is 35.1 Å². The van der Waals surface area contributed by atoms with E-state index in [0.29, 0.717) is 6.42 Å². The van der Waals surface area contributed by atoms with E-state index in [2.05, 4.69) is 5.10 Å². The van der Waals surface area contributed by atoms with Gasteiger partial charge in [0, 0.05) is 35.5 Å². The Morgan fingerprint density at radius 1 is 1.31 bits per heavy atom. The average molecular weight is 237 g/mol. The Labute approximate surface area is 99.3 Å². The summed E-state index contributed by atoms with van der Waals surface area (Å²) in [6.07, 6.45) is 4.44. The Morgan fingerprint density at radius 2 is 2.12 bits per heavy atom. The van der Waals surface area contributed by atoms with Gasteiger partial charge in [0.15, 0.2) is 0 Å². The first-order valence-electron chi connectivity index (χ1n) is 5.19. The molecule has 2 aromatic rings. The van der Waals surface area contributed by atoms with Crippen LogP contribution in [0.15, 0.2) is 36.7 Å². The van der Waals surface area contributed by atoms with Gasteiger partial charge in [-0.1, -0.05) is 29.8 Å². The molecule has 1 aromatic carbocycles. The zero-order valence-corrected chi connectivity index (χ0v) is 9.56. The molecule has 2 rings (SSSR count). The molecule has 0 radical (unpaired) electrons. The van der Waals surface area contributed by atoms with Gasteiger partial charge in [0.1, 0.15) is 0 Å². The molecule has 0 amide bonds. The van der Waals surface area contributed by atoms with E-state index < -0.39 is 0 Å². The topological polar surface area (TPSA) is 38.0 Å². The normalized spacial score (nSPS) is 10.6. The van der Waals surface area contributed by atoms with Gasteiger partial charge >= 0.3 is 0 Å². The maximum atomic E-state index is 8.73. The van der Waals surface area contributed by atoms with E-state index in [4.69, 9.17) is 16.7 Å². The van der Waals surface area contributed by atoms with Crippen LogP contribution in [0.25, 0.3) is 11.1 Å². The standard InChI is InChI=1S/C12H13ClN2O/c13-12-5-2-1-4-11(12)10-8-14-15(9-10)6-3-7-16/h1-2,4-5,8-9,16H,3,6-7H2. The molecule has 4 heteroatoms. The number of nitrogens with zero attached hydrogens (tertiary/aromatic N) is 2. The maximum Gasteiger partial charge on any atom is 0.0568 e. The van der Waals surface area contributed by atoms with Crippen LogP contribution in [-0.2, 0) is 6.54 Å². The van der Waals surface area contributed by atoms with Gasteiger partial charge in [-0.25, -0.2) is 0 Å². The summed E-state index contributed by atoms with van der Waals surface area (Å²) in [6.45, 7) is 0.905. The Kier molecular flexibility index (Phi) is 3.59. The summed E-state index contributed by atoms with van der Waals surface area (Å²) in [5.74, 6) is 0. The third-order valence-corrected chi connectivity index (χ3v) is 2.69. The molecule has 1 N–H and O–H groups in total. The van der Waals surface area contributed by atoms with Crippen LogP contribution >= 0.6 is 11.6 Å². The molecule has 1 heterocycles. The Balaban J connectivity index is 2.22. The van der Waals surface area contributed by atoms with Crippen LogP contribution in [0.5, 0.6) is 0 Å². The van der Waals surface area contributed by atoms with Crippen molar-refractivity contribution in [1.29, 1.82) is 0 Å². The number of aliphatic hydroxyl groups is 1. The predicted octanol–water partition coefficient (Wildman–Crippen LogP) is 2.59. The number of benzene rings is 1. The predicted molar refractivity (Wildman–Crippen MR) is 64.4 cm³/mol. The Bertz CT molecular complexity index is 468. The number of aryl methyl sites for hydroxylation is 1. The molecule has 0 aliphatic heterocycles. The van der Waals surface area contributed by atoms with Crippen LogP contribution in [0.2, 0.25) is 5.02 Å². The van der Waals surface area contributed by atoms with E-state index in [9.17, 15) is 0 Å². The molecule has 0 saturated heterocycles. The smallest absolute Gasteiger partial charge is 0.0568 e.